The number of sulfone groups is 1. The highest BCUT2D eigenvalue weighted by Gasteiger charge is 2.35. The maximum absolute atomic E-state index is 13.4. The fourth-order valence-electron chi connectivity index (χ4n) is 3.52. The van der Waals surface area contributed by atoms with Crippen LogP contribution in [0.4, 0.5) is 10.5 Å². The Balaban J connectivity index is 1.81. The molecule has 7 heteroatoms. The Bertz CT molecular complexity index is 1080. The van der Waals surface area contributed by atoms with E-state index >= 15 is 0 Å². The molecular weight excluding hydrogens is 374 g/mol. The summed E-state index contributed by atoms with van der Waals surface area (Å²) >= 11 is 0. The van der Waals surface area contributed by atoms with Crippen molar-refractivity contribution in [3.05, 3.63) is 83.7 Å². The number of anilines is 1. The highest BCUT2D eigenvalue weighted by Crippen LogP contribution is 2.33. The van der Waals surface area contributed by atoms with Gasteiger partial charge in [-0.3, -0.25) is 0 Å². The van der Waals surface area contributed by atoms with Crippen molar-refractivity contribution >= 4 is 21.6 Å². The van der Waals surface area contributed by atoms with Crippen LogP contribution >= 0.6 is 0 Å². The molecule has 6 nitrogen and oxygen atoms in total. The van der Waals surface area contributed by atoms with E-state index in [9.17, 15) is 13.2 Å². The van der Waals surface area contributed by atoms with E-state index in [0.717, 1.165) is 17.4 Å². The molecule has 0 saturated heterocycles. The number of nitrogens with zero attached hydrogens (tertiary/aromatic N) is 2. The summed E-state index contributed by atoms with van der Waals surface area (Å²) in [5, 5.41) is 3.24. The maximum atomic E-state index is 13.4. The predicted molar refractivity (Wildman–Crippen MR) is 108 cm³/mol. The first-order valence-electron chi connectivity index (χ1n) is 9.01. The van der Waals surface area contributed by atoms with Crippen molar-refractivity contribution < 1.29 is 13.2 Å². The molecule has 0 fully saturated rings. The van der Waals surface area contributed by atoms with Crippen molar-refractivity contribution in [2.75, 3.05) is 24.2 Å². The molecule has 0 bridgehead atoms. The molecule has 2 aromatic rings. The lowest BCUT2D eigenvalue weighted by molar-refractivity contribution is 0.204. The van der Waals surface area contributed by atoms with Gasteiger partial charge >= 0.3 is 6.03 Å². The van der Waals surface area contributed by atoms with E-state index in [1.54, 1.807) is 23.1 Å². The van der Waals surface area contributed by atoms with Gasteiger partial charge in [0.25, 0.3) is 0 Å². The average Bonchev–Trinajstić information content (AvgIpc) is 2.69. The zero-order valence-electron chi connectivity index (χ0n) is 15.5. The Kier molecular flexibility index (Phi) is 4.68. The van der Waals surface area contributed by atoms with Gasteiger partial charge in [0.1, 0.15) is 5.82 Å². The SMILES string of the molecule is CS(=O)(=O)c1ccccc1N1C(=O)N(Cc2ccccc2)CC2=C1NCC=C2. The van der Waals surface area contributed by atoms with Crippen molar-refractivity contribution in [3.63, 3.8) is 0 Å². The van der Waals surface area contributed by atoms with Crippen molar-refractivity contribution in [3.8, 4) is 0 Å². The Morgan fingerprint density at radius 2 is 1.75 bits per heavy atom. The Morgan fingerprint density at radius 1 is 1.04 bits per heavy atom. The standard InChI is InChI=1S/C21H21N3O3S/c1-28(26,27)19-12-6-5-11-18(19)24-20-17(10-7-13-22-20)15-23(21(24)25)14-16-8-3-2-4-9-16/h2-12,22H,13-15H2,1H3. The number of benzene rings is 2. The fraction of sp³-hybridized carbons (Fsp3) is 0.190. The topological polar surface area (TPSA) is 69.7 Å². The zero-order chi connectivity index (χ0) is 19.7. The highest BCUT2D eigenvalue weighted by molar-refractivity contribution is 7.90. The zero-order valence-corrected chi connectivity index (χ0v) is 16.3. The van der Waals surface area contributed by atoms with Crippen LogP contribution in [0.25, 0.3) is 0 Å². The molecule has 1 N–H and O–H groups in total. The molecule has 4 rings (SSSR count). The minimum Gasteiger partial charge on any atom is -0.367 e. The molecule has 144 valence electrons. The minimum atomic E-state index is -3.50. The quantitative estimate of drug-likeness (QED) is 0.864. The molecule has 2 aliphatic rings. The molecule has 2 aromatic carbocycles. The first-order valence-corrected chi connectivity index (χ1v) is 10.9. The summed E-state index contributed by atoms with van der Waals surface area (Å²) in [4.78, 5) is 16.8. The van der Waals surface area contributed by atoms with Crippen LogP contribution in [0.1, 0.15) is 5.56 Å². The van der Waals surface area contributed by atoms with Crippen LogP contribution in [0.2, 0.25) is 0 Å². The van der Waals surface area contributed by atoms with Gasteiger partial charge in [0.05, 0.1) is 17.1 Å². The third-order valence-electron chi connectivity index (χ3n) is 4.78. The van der Waals surface area contributed by atoms with Gasteiger partial charge in [-0.2, -0.15) is 0 Å². The lowest BCUT2D eigenvalue weighted by Crippen LogP contribution is -2.52. The minimum absolute atomic E-state index is 0.133. The predicted octanol–water partition coefficient (Wildman–Crippen LogP) is 2.90. The van der Waals surface area contributed by atoms with E-state index in [2.05, 4.69) is 5.32 Å². The summed E-state index contributed by atoms with van der Waals surface area (Å²) in [5.74, 6) is 0.646. The second-order valence-corrected chi connectivity index (χ2v) is 8.84. The van der Waals surface area contributed by atoms with E-state index in [-0.39, 0.29) is 10.9 Å². The van der Waals surface area contributed by atoms with Crippen molar-refractivity contribution in [1.29, 1.82) is 0 Å². The smallest absolute Gasteiger partial charge is 0.330 e. The molecule has 28 heavy (non-hydrogen) atoms. The van der Waals surface area contributed by atoms with Crippen LogP contribution in [0.5, 0.6) is 0 Å². The molecule has 0 unspecified atom stereocenters. The number of amides is 2. The Hall–Kier alpha value is -3.06. The monoisotopic (exact) mass is 395 g/mol. The number of carbonyl (C=O) groups is 1. The Morgan fingerprint density at radius 3 is 2.50 bits per heavy atom. The number of nitrogens with one attached hydrogen (secondary N) is 1. The number of para-hydroxylation sites is 1. The van der Waals surface area contributed by atoms with E-state index in [4.69, 9.17) is 0 Å². The summed E-state index contributed by atoms with van der Waals surface area (Å²) in [6.45, 7) is 1.49. The molecule has 0 radical (unpaired) electrons. The first kappa shape index (κ1) is 18.3. The number of carbonyl (C=O) groups excluding carboxylic acids is 1. The van der Waals surface area contributed by atoms with E-state index in [1.165, 1.54) is 11.0 Å². The largest absolute Gasteiger partial charge is 0.367 e. The van der Waals surface area contributed by atoms with Crippen molar-refractivity contribution in [2.45, 2.75) is 11.4 Å². The van der Waals surface area contributed by atoms with Gasteiger partial charge in [-0.1, -0.05) is 54.6 Å². The number of hydrogen-bond donors (Lipinski definition) is 1. The molecule has 2 heterocycles. The van der Waals surface area contributed by atoms with E-state index in [1.807, 2.05) is 42.5 Å². The lowest BCUT2D eigenvalue weighted by atomic mass is 10.1. The summed E-state index contributed by atoms with van der Waals surface area (Å²) in [5.41, 5.74) is 2.33. The second-order valence-electron chi connectivity index (χ2n) is 6.86. The Labute approximate surface area is 164 Å². The van der Waals surface area contributed by atoms with Crippen LogP contribution in [0, 0.1) is 0 Å². The molecule has 0 aromatic heterocycles. The van der Waals surface area contributed by atoms with Gasteiger partial charge in [0.2, 0.25) is 0 Å². The van der Waals surface area contributed by atoms with Crippen molar-refractivity contribution in [1.82, 2.24) is 10.2 Å². The van der Waals surface area contributed by atoms with Crippen LogP contribution in [-0.2, 0) is 16.4 Å². The molecular formula is C21H21N3O3S. The average molecular weight is 395 g/mol. The first-order chi connectivity index (χ1) is 13.4. The maximum Gasteiger partial charge on any atom is 0.330 e. The van der Waals surface area contributed by atoms with Crippen LogP contribution in [0.3, 0.4) is 0 Å². The van der Waals surface area contributed by atoms with Gasteiger partial charge in [-0.15, -0.1) is 0 Å². The van der Waals surface area contributed by atoms with Gasteiger partial charge in [-0.25, -0.2) is 18.1 Å². The highest BCUT2D eigenvalue weighted by atomic mass is 32.2. The van der Waals surface area contributed by atoms with Gasteiger partial charge in [-0.05, 0) is 17.7 Å². The number of dihydropyridines is 1. The van der Waals surface area contributed by atoms with E-state index in [0.29, 0.717) is 31.1 Å². The molecule has 0 spiro atoms. The molecule has 0 aliphatic carbocycles. The van der Waals surface area contributed by atoms with Crippen LogP contribution in [-0.4, -0.2) is 38.7 Å². The molecule has 2 aliphatic heterocycles. The van der Waals surface area contributed by atoms with Gasteiger partial charge in [0, 0.05) is 24.9 Å². The van der Waals surface area contributed by atoms with Gasteiger partial charge in [0.15, 0.2) is 9.84 Å². The molecule has 0 atom stereocenters. The van der Waals surface area contributed by atoms with E-state index < -0.39 is 9.84 Å². The number of hydrogen-bond acceptors (Lipinski definition) is 4. The normalized spacial score (nSPS) is 16.8. The second kappa shape index (κ2) is 7.16. The third kappa shape index (κ3) is 3.41. The summed E-state index contributed by atoms with van der Waals surface area (Å²) < 4.78 is 24.7. The van der Waals surface area contributed by atoms with Crippen LogP contribution in [0.15, 0.2) is 83.0 Å². The number of urea groups is 1. The third-order valence-corrected chi connectivity index (χ3v) is 5.92. The summed E-state index contributed by atoms with van der Waals surface area (Å²) in [7, 11) is -3.50. The molecule has 2 amide bonds. The number of rotatable bonds is 4. The van der Waals surface area contributed by atoms with Gasteiger partial charge < -0.3 is 10.2 Å². The van der Waals surface area contributed by atoms with Crippen molar-refractivity contribution in [2.24, 2.45) is 0 Å². The summed E-state index contributed by atoms with van der Waals surface area (Å²) in [6, 6.07) is 16.1. The lowest BCUT2D eigenvalue weighted by Gasteiger charge is -2.40. The summed E-state index contributed by atoms with van der Waals surface area (Å²) in [6.07, 6.45) is 5.15. The fourth-order valence-corrected chi connectivity index (χ4v) is 4.38. The van der Waals surface area contributed by atoms with Crippen LogP contribution < -0.4 is 10.2 Å². The molecule has 0 saturated carbocycles.